The van der Waals surface area contributed by atoms with E-state index in [1.54, 1.807) is 6.07 Å². The first-order valence-corrected chi connectivity index (χ1v) is 7.42. The van der Waals surface area contributed by atoms with Crippen molar-refractivity contribution in [1.29, 1.82) is 0 Å². The summed E-state index contributed by atoms with van der Waals surface area (Å²) in [6.07, 6.45) is 2.13. The Kier molecular flexibility index (Phi) is 3.47. The first kappa shape index (κ1) is 13.5. The van der Waals surface area contributed by atoms with Crippen LogP contribution in [0.25, 0.3) is 11.0 Å². The van der Waals surface area contributed by atoms with Gasteiger partial charge in [-0.15, -0.1) is 0 Å². The van der Waals surface area contributed by atoms with Gasteiger partial charge in [0.25, 0.3) is 5.91 Å². The van der Waals surface area contributed by atoms with Gasteiger partial charge in [0.05, 0.1) is 0 Å². The third-order valence-corrected chi connectivity index (χ3v) is 4.40. The van der Waals surface area contributed by atoms with E-state index in [2.05, 4.69) is 6.92 Å². The van der Waals surface area contributed by atoms with Crippen molar-refractivity contribution in [1.82, 2.24) is 4.90 Å². The van der Waals surface area contributed by atoms with Crippen LogP contribution in [0, 0.1) is 12.8 Å². The molecule has 0 spiro atoms. The van der Waals surface area contributed by atoms with E-state index in [0.717, 1.165) is 42.5 Å². The Morgan fingerprint density at radius 1 is 1.35 bits per heavy atom. The first-order valence-electron chi connectivity index (χ1n) is 7.04. The van der Waals surface area contributed by atoms with E-state index >= 15 is 0 Å². The van der Waals surface area contributed by atoms with Crippen molar-refractivity contribution in [3.05, 3.63) is 34.5 Å². The topological polar surface area (TPSA) is 33.5 Å². The summed E-state index contributed by atoms with van der Waals surface area (Å²) >= 11 is 6.01. The molecule has 1 aromatic heterocycles. The number of rotatable bonds is 1. The van der Waals surface area contributed by atoms with Gasteiger partial charge in [-0.3, -0.25) is 4.79 Å². The minimum Gasteiger partial charge on any atom is -0.451 e. The van der Waals surface area contributed by atoms with Crippen molar-refractivity contribution >= 4 is 28.5 Å². The lowest BCUT2D eigenvalue weighted by molar-refractivity contribution is 0.0666. The molecule has 0 aliphatic carbocycles. The van der Waals surface area contributed by atoms with Crippen molar-refractivity contribution in [2.24, 2.45) is 5.92 Å². The lowest BCUT2D eigenvalue weighted by Gasteiger charge is -2.29. The zero-order valence-electron chi connectivity index (χ0n) is 11.8. The van der Waals surface area contributed by atoms with Crippen LogP contribution in [0.2, 0.25) is 5.02 Å². The number of likely N-dealkylation sites (tertiary alicyclic amines) is 1. The number of nitrogens with zero attached hydrogens (tertiary/aromatic N) is 1. The smallest absolute Gasteiger partial charge is 0.289 e. The SMILES string of the molecule is Cc1c(C(=O)N2CCC(C)CC2)oc2ccc(Cl)cc12. The van der Waals surface area contributed by atoms with Gasteiger partial charge < -0.3 is 9.32 Å². The molecule has 1 fully saturated rings. The van der Waals surface area contributed by atoms with Crippen molar-refractivity contribution < 1.29 is 9.21 Å². The highest BCUT2D eigenvalue weighted by atomic mass is 35.5. The van der Waals surface area contributed by atoms with E-state index in [1.807, 2.05) is 24.0 Å². The number of fused-ring (bicyclic) bond motifs is 1. The maximum Gasteiger partial charge on any atom is 0.289 e. The van der Waals surface area contributed by atoms with Crippen LogP contribution in [0.1, 0.15) is 35.9 Å². The minimum absolute atomic E-state index is 0.00159. The summed E-state index contributed by atoms with van der Waals surface area (Å²) in [5.74, 6) is 1.16. The molecule has 0 atom stereocenters. The number of hydrogen-bond donors (Lipinski definition) is 0. The number of halogens is 1. The Hall–Kier alpha value is -1.48. The van der Waals surface area contributed by atoms with Gasteiger partial charge in [0.2, 0.25) is 0 Å². The molecule has 0 saturated carbocycles. The molecule has 20 heavy (non-hydrogen) atoms. The molecule has 0 unspecified atom stereocenters. The normalized spacial score (nSPS) is 16.9. The fourth-order valence-electron chi connectivity index (χ4n) is 2.75. The van der Waals surface area contributed by atoms with E-state index in [-0.39, 0.29) is 5.91 Å². The largest absolute Gasteiger partial charge is 0.451 e. The number of carbonyl (C=O) groups is 1. The summed E-state index contributed by atoms with van der Waals surface area (Å²) in [5.41, 5.74) is 1.60. The average molecular weight is 292 g/mol. The van der Waals surface area contributed by atoms with Gasteiger partial charge in [0, 0.05) is 29.1 Å². The minimum atomic E-state index is 0.00159. The predicted molar refractivity (Wildman–Crippen MR) is 80.3 cm³/mol. The number of furan rings is 1. The van der Waals surface area contributed by atoms with Gasteiger partial charge in [-0.2, -0.15) is 0 Å². The molecule has 1 saturated heterocycles. The van der Waals surface area contributed by atoms with Crippen molar-refractivity contribution in [2.45, 2.75) is 26.7 Å². The highest BCUT2D eigenvalue weighted by Crippen LogP contribution is 2.29. The average Bonchev–Trinajstić information content (AvgIpc) is 2.76. The number of aryl methyl sites for hydroxylation is 1. The van der Waals surface area contributed by atoms with Gasteiger partial charge in [-0.25, -0.2) is 0 Å². The number of piperidine rings is 1. The number of hydrogen-bond acceptors (Lipinski definition) is 2. The van der Waals surface area contributed by atoms with Crippen molar-refractivity contribution in [3.8, 4) is 0 Å². The lowest BCUT2D eigenvalue weighted by Crippen LogP contribution is -2.38. The molecule has 0 bridgehead atoms. The molecule has 2 heterocycles. The van der Waals surface area contributed by atoms with Crippen LogP contribution in [-0.2, 0) is 0 Å². The van der Waals surface area contributed by atoms with Crippen LogP contribution in [-0.4, -0.2) is 23.9 Å². The van der Waals surface area contributed by atoms with Crippen LogP contribution in [0.3, 0.4) is 0 Å². The Morgan fingerprint density at radius 3 is 2.75 bits per heavy atom. The number of carbonyl (C=O) groups excluding carboxylic acids is 1. The van der Waals surface area contributed by atoms with Gasteiger partial charge in [-0.05, 0) is 43.9 Å². The number of amides is 1. The Balaban J connectivity index is 1.93. The monoisotopic (exact) mass is 291 g/mol. The summed E-state index contributed by atoms with van der Waals surface area (Å²) in [4.78, 5) is 14.5. The summed E-state index contributed by atoms with van der Waals surface area (Å²) < 4.78 is 5.75. The molecular formula is C16H18ClNO2. The molecule has 0 radical (unpaired) electrons. The highest BCUT2D eigenvalue weighted by Gasteiger charge is 2.26. The Bertz CT molecular complexity index is 654. The molecule has 1 aliphatic rings. The molecule has 1 aromatic carbocycles. The number of benzene rings is 1. The van der Waals surface area contributed by atoms with Crippen LogP contribution >= 0.6 is 11.6 Å². The van der Waals surface area contributed by atoms with E-state index in [9.17, 15) is 4.79 Å². The van der Waals surface area contributed by atoms with Gasteiger partial charge >= 0.3 is 0 Å². The van der Waals surface area contributed by atoms with E-state index in [4.69, 9.17) is 16.0 Å². The van der Waals surface area contributed by atoms with Crippen LogP contribution < -0.4 is 0 Å². The van der Waals surface area contributed by atoms with Crippen molar-refractivity contribution in [2.75, 3.05) is 13.1 Å². The second kappa shape index (κ2) is 5.13. The maximum absolute atomic E-state index is 12.6. The van der Waals surface area contributed by atoms with Crippen LogP contribution in [0.15, 0.2) is 22.6 Å². The van der Waals surface area contributed by atoms with Crippen LogP contribution in [0.5, 0.6) is 0 Å². The molecule has 3 nitrogen and oxygen atoms in total. The fraction of sp³-hybridized carbons (Fsp3) is 0.438. The van der Waals surface area contributed by atoms with Crippen molar-refractivity contribution in [3.63, 3.8) is 0 Å². The molecule has 1 amide bonds. The third kappa shape index (κ3) is 2.31. The first-order chi connectivity index (χ1) is 9.56. The molecule has 4 heteroatoms. The summed E-state index contributed by atoms with van der Waals surface area (Å²) in [5, 5.41) is 1.58. The molecule has 3 rings (SSSR count). The molecule has 2 aromatic rings. The van der Waals surface area contributed by atoms with E-state index in [0.29, 0.717) is 16.7 Å². The van der Waals surface area contributed by atoms with Gasteiger partial charge in [0.1, 0.15) is 5.58 Å². The standard InChI is InChI=1S/C16H18ClNO2/c1-10-5-7-18(8-6-10)16(19)15-11(2)13-9-12(17)3-4-14(13)20-15/h3-4,9-10H,5-8H2,1-2H3. The molecular weight excluding hydrogens is 274 g/mol. The van der Waals surface area contributed by atoms with E-state index < -0.39 is 0 Å². The van der Waals surface area contributed by atoms with E-state index in [1.165, 1.54) is 0 Å². The second-order valence-corrected chi connectivity index (χ2v) is 6.11. The molecule has 1 aliphatic heterocycles. The predicted octanol–water partition coefficient (Wildman–Crippen LogP) is 4.27. The molecule has 106 valence electrons. The maximum atomic E-state index is 12.6. The summed E-state index contributed by atoms with van der Waals surface area (Å²) in [6.45, 7) is 5.78. The lowest BCUT2D eigenvalue weighted by atomic mass is 9.99. The zero-order chi connectivity index (χ0) is 14.3. The van der Waals surface area contributed by atoms with Crippen LogP contribution in [0.4, 0.5) is 0 Å². The summed E-state index contributed by atoms with van der Waals surface area (Å²) in [7, 11) is 0. The Labute approximate surface area is 123 Å². The highest BCUT2D eigenvalue weighted by molar-refractivity contribution is 6.31. The third-order valence-electron chi connectivity index (χ3n) is 4.16. The zero-order valence-corrected chi connectivity index (χ0v) is 12.5. The summed E-state index contributed by atoms with van der Waals surface area (Å²) in [6, 6.07) is 5.45. The second-order valence-electron chi connectivity index (χ2n) is 5.67. The van der Waals surface area contributed by atoms with Gasteiger partial charge in [-0.1, -0.05) is 18.5 Å². The quantitative estimate of drug-likeness (QED) is 0.786. The fourth-order valence-corrected chi connectivity index (χ4v) is 2.92. The molecule has 0 N–H and O–H groups in total. The van der Waals surface area contributed by atoms with Gasteiger partial charge in [0.15, 0.2) is 5.76 Å². The Morgan fingerprint density at radius 2 is 2.05 bits per heavy atom.